The van der Waals surface area contributed by atoms with E-state index in [2.05, 4.69) is 16.2 Å². The highest BCUT2D eigenvalue weighted by Gasteiger charge is 2.12. The molecule has 0 atom stereocenters. The van der Waals surface area contributed by atoms with Gasteiger partial charge in [-0.25, -0.2) is 0 Å². The molecule has 7 heteroatoms. The number of benzene rings is 2. The number of carbonyl (C=O) groups is 3. The molecule has 0 saturated heterocycles. The number of hydrazine groups is 1. The SMILES string of the molecule is Cc1ccccc1C(=O)NCC(=O)NNC(=O)c1ccccc1Cl. The van der Waals surface area contributed by atoms with Crippen molar-refractivity contribution in [1.82, 2.24) is 16.2 Å². The Bertz CT molecular complexity index is 714. The first kappa shape index (κ1) is 17.5. The second-order valence-corrected chi connectivity index (χ2v) is 5.39. The number of aryl methyl sites for hydroxylation is 1. The van der Waals surface area contributed by atoms with Crippen LogP contribution in [0.3, 0.4) is 0 Å². The summed E-state index contributed by atoms with van der Waals surface area (Å²) in [5.41, 5.74) is 6.00. The first-order valence-corrected chi connectivity index (χ1v) is 7.54. The van der Waals surface area contributed by atoms with Gasteiger partial charge in [0.2, 0.25) is 0 Å². The molecule has 0 aliphatic heterocycles. The lowest BCUT2D eigenvalue weighted by molar-refractivity contribution is -0.120. The molecule has 0 aliphatic rings. The van der Waals surface area contributed by atoms with Crippen molar-refractivity contribution >= 4 is 29.3 Å². The van der Waals surface area contributed by atoms with Crippen LogP contribution in [0.15, 0.2) is 48.5 Å². The van der Waals surface area contributed by atoms with E-state index >= 15 is 0 Å². The van der Waals surface area contributed by atoms with Gasteiger partial charge in [0, 0.05) is 5.56 Å². The zero-order chi connectivity index (χ0) is 17.5. The molecule has 0 fully saturated rings. The van der Waals surface area contributed by atoms with Crippen LogP contribution in [-0.2, 0) is 4.79 Å². The van der Waals surface area contributed by atoms with Gasteiger partial charge in [0.1, 0.15) is 0 Å². The van der Waals surface area contributed by atoms with E-state index in [4.69, 9.17) is 11.6 Å². The molecule has 6 nitrogen and oxygen atoms in total. The van der Waals surface area contributed by atoms with Crippen LogP contribution in [0.5, 0.6) is 0 Å². The van der Waals surface area contributed by atoms with E-state index in [9.17, 15) is 14.4 Å². The zero-order valence-electron chi connectivity index (χ0n) is 12.9. The average Bonchev–Trinajstić information content (AvgIpc) is 2.58. The number of rotatable bonds is 4. The van der Waals surface area contributed by atoms with Crippen LogP contribution in [-0.4, -0.2) is 24.3 Å². The van der Waals surface area contributed by atoms with Gasteiger partial charge in [0.05, 0.1) is 17.1 Å². The average molecular weight is 346 g/mol. The Morgan fingerprint density at radius 3 is 2.17 bits per heavy atom. The molecule has 0 saturated carbocycles. The molecule has 0 heterocycles. The van der Waals surface area contributed by atoms with Gasteiger partial charge in [-0.05, 0) is 30.7 Å². The normalized spacial score (nSPS) is 9.92. The zero-order valence-corrected chi connectivity index (χ0v) is 13.7. The number of halogens is 1. The summed E-state index contributed by atoms with van der Waals surface area (Å²) in [6, 6.07) is 13.5. The quantitative estimate of drug-likeness (QED) is 0.739. The van der Waals surface area contributed by atoms with Crippen molar-refractivity contribution in [3.05, 3.63) is 70.2 Å². The van der Waals surface area contributed by atoms with E-state index in [1.165, 1.54) is 6.07 Å². The summed E-state index contributed by atoms with van der Waals surface area (Å²) in [6.45, 7) is 1.54. The van der Waals surface area contributed by atoms with Crippen LogP contribution < -0.4 is 16.2 Å². The fourth-order valence-corrected chi connectivity index (χ4v) is 2.19. The van der Waals surface area contributed by atoms with Crippen LogP contribution in [0.2, 0.25) is 5.02 Å². The third-order valence-electron chi connectivity index (χ3n) is 3.23. The van der Waals surface area contributed by atoms with E-state index < -0.39 is 11.8 Å². The van der Waals surface area contributed by atoms with Crippen molar-refractivity contribution in [2.24, 2.45) is 0 Å². The minimum Gasteiger partial charge on any atom is -0.343 e. The lowest BCUT2D eigenvalue weighted by Crippen LogP contribution is -2.46. The van der Waals surface area contributed by atoms with E-state index in [1.54, 1.807) is 43.3 Å². The van der Waals surface area contributed by atoms with E-state index in [-0.39, 0.29) is 23.0 Å². The third kappa shape index (κ3) is 4.57. The maximum atomic E-state index is 12.0. The maximum Gasteiger partial charge on any atom is 0.271 e. The van der Waals surface area contributed by atoms with Gasteiger partial charge in [0.25, 0.3) is 17.7 Å². The number of carbonyl (C=O) groups excluding carboxylic acids is 3. The van der Waals surface area contributed by atoms with Gasteiger partial charge in [0.15, 0.2) is 0 Å². The molecule has 0 aromatic heterocycles. The van der Waals surface area contributed by atoms with E-state index in [1.807, 2.05) is 6.07 Å². The standard InChI is InChI=1S/C17H16ClN3O3/c1-11-6-2-3-7-12(11)16(23)19-10-15(22)20-21-17(24)13-8-4-5-9-14(13)18/h2-9H,10H2,1H3,(H,19,23)(H,20,22)(H,21,24). The molecular formula is C17H16ClN3O3. The predicted octanol–water partition coefficient (Wildman–Crippen LogP) is 1.84. The highest BCUT2D eigenvalue weighted by Crippen LogP contribution is 2.14. The number of hydrogen-bond donors (Lipinski definition) is 3. The number of nitrogens with one attached hydrogen (secondary N) is 3. The number of hydrogen-bond acceptors (Lipinski definition) is 3. The summed E-state index contributed by atoms with van der Waals surface area (Å²) in [6.07, 6.45) is 0. The van der Waals surface area contributed by atoms with Crippen molar-refractivity contribution < 1.29 is 14.4 Å². The maximum absolute atomic E-state index is 12.0. The summed E-state index contributed by atoms with van der Waals surface area (Å²) in [4.78, 5) is 35.6. The topological polar surface area (TPSA) is 87.3 Å². The van der Waals surface area contributed by atoms with Crippen LogP contribution >= 0.6 is 11.6 Å². The monoisotopic (exact) mass is 345 g/mol. The summed E-state index contributed by atoms with van der Waals surface area (Å²) < 4.78 is 0. The first-order chi connectivity index (χ1) is 11.5. The Kier molecular flexibility index (Phi) is 5.92. The number of amides is 3. The van der Waals surface area contributed by atoms with Crippen LogP contribution in [0, 0.1) is 6.92 Å². The Morgan fingerprint density at radius 2 is 1.50 bits per heavy atom. The highest BCUT2D eigenvalue weighted by atomic mass is 35.5. The molecule has 24 heavy (non-hydrogen) atoms. The fourth-order valence-electron chi connectivity index (χ4n) is 1.97. The third-order valence-corrected chi connectivity index (χ3v) is 3.56. The second-order valence-electron chi connectivity index (χ2n) is 4.98. The molecule has 0 spiro atoms. The van der Waals surface area contributed by atoms with Gasteiger partial charge in [-0.15, -0.1) is 0 Å². The van der Waals surface area contributed by atoms with Gasteiger partial charge in [-0.2, -0.15) is 0 Å². The van der Waals surface area contributed by atoms with Crippen molar-refractivity contribution in [2.45, 2.75) is 6.92 Å². The van der Waals surface area contributed by atoms with Crippen LogP contribution in [0.25, 0.3) is 0 Å². The van der Waals surface area contributed by atoms with Crippen molar-refractivity contribution in [1.29, 1.82) is 0 Å². The van der Waals surface area contributed by atoms with Crippen LogP contribution in [0.1, 0.15) is 26.3 Å². The van der Waals surface area contributed by atoms with Crippen molar-refractivity contribution in [2.75, 3.05) is 6.54 Å². The second kappa shape index (κ2) is 8.12. The molecule has 0 unspecified atom stereocenters. The largest absolute Gasteiger partial charge is 0.343 e. The van der Waals surface area contributed by atoms with E-state index in [0.29, 0.717) is 5.56 Å². The van der Waals surface area contributed by atoms with Crippen molar-refractivity contribution in [3.63, 3.8) is 0 Å². The lowest BCUT2D eigenvalue weighted by atomic mass is 10.1. The summed E-state index contributed by atoms with van der Waals surface area (Å²) in [7, 11) is 0. The van der Waals surface area contributed by atoms with Gasteiger partial charge in [-0.1, -0.05) is 41.9 Å². The Labute approximate surface area is 144 Å². The Morgan fingerprint density at radius 1 is 0.875 bits per heavy atom. The fraction of sp³-hybridized carbons (Fsp3) is 0.118. The Hall–Kier alpha value is -2.86. The molecule has 124 valence electrons. The summed E-state index contributed by atoms with van der Waals surface area (Å²) in [5, 5.41) is 2.76. The minimum absolute atomic E-state index is 0.239. The van der Waals surface area contributed by atoms with Crippen molar-refractivity contribution in [3.8, 4) is 0 Å². The highest BCUT2D eigenvalue weighted by molar-refractivity contribution is 6.33. The molecule has 0 bridgehead atoms. The summed E-state index contributed by atoms with van der Waals surface area (Å²) >= 11 is 5.89. The Balaban J connectivity index is 1.82. The van der Waals surface area contributed by atoms with E-state index in [0.717, 1.165) is 5.56 Å². The molecule has 2 aromatic rings. The lowest BCUT2D eigenvalue weighted by Gasteiger charge is -2.10. The summed E-state index contributed by atoms with van der Waals surface area (Å²) in [5.74, 6) is -1.46. The predicted molar refractivity (Wildman–Crippen MR) is 90.6 cm³/mol. The molecule has 0 aliphatic carbocycles. The molecule has 2 aromatic carbocycles. The van der Waals surface area contributed by atoms with Gasteiger partial charge in [-0.3, -0.25) is 25.2 Å². The minimum atomic E-state index is -0.558. The molecular weight excluding hydrogens is 330 g/mol. The smallest absolute Gasteiger partial charge is 0.271 e. The van der Waals surface area contributed by atoms with Gasteiger partial charge >= 0.3 is 0 Å². The molecule has 3 N–H and O–H groups in total. The molecule has 3 amide bonds. The molecule has 0 radical (unpaired) electrons. The first-order valence-electron chi connectivity index (χ1n) is 7.16. The molecule has 2 rings (SSSR count). The van der Waals surface area contributed by atoms with Crippen LogP contribution in [0.4, 0.5) is 0 Å². The van der Waals surface area contributed by atoms with Gasteiger partial charge < -0.3 is 5.32 Å².